The van der Waals surface area contributed by atoms with Crippen LogP contribution in [-0.4, -0.2) is 40.0 Å². The van der Waals surface area contributed by atoms with Gasteiger partial charge in [-0.3, -0.25) is 34.7 Å². The predicted molar refractivity (Wildman–Crippen MR) is 149 cm³/mol. The number of hydrogen-bond acceptors (Lipinski definition) is 11. The van der Waals surface area contributed by atoms with E-state index < -0.39 is 43.2 Å². The third-order valence-corrected chi connectivity index (χ3v) is 9.69. The number of sulfone groups is 1. The number of non-ortho nitro benzene ring substituents is 2. The average Bonchev–Trinajstić information content (AvgIpc) is 3.56. The number of ketones is 1. The molecule has 0 saturated carbocycles. The number of aryl methyl sites for hydroxylation is 1. The van der Waals surface area contributed by atoms with Crippen LogP contribution < -0.4 is 4.90 Å². The van der Waals surface area contributed by atoms with Crippen molar-refractivity contribution in [2.24, 2.45) is 0 Å². The van der Waals surface area contributed by atoms with Gasteiger partial charge in [-0.15, -0.1) is 0 Å². The van der Waals surface area contributed by atoms with Crippen LogP contribution in [0.1, 0.15) is 27.5 Å². The predicted octanol–water partition coefficient (Wildman–Crippen LogP) is 4.88. The smallest absolute Gasteiger partial charge is 0.296 e. The summed E-state index contributed by atoms with van der Waals surface area (Å²) in [6.07, 6.45) is 0.978. The summed E-state index contributed by atoms with van der Waals surface area (Å²) in [6, 6.07) is 14.3. The van der Waals surface area contributed by atoms with E-state index in [0.29, 0.717) is 11.3 Å². The van der Waals surface area contributed by atoms with Crippen LogP contribution in [0.4, 0.5) is 16.5 Å². The highest BCUT2D eigenvalue weighted by Crippen LogP contribution is 2.44. The molecule has 0 saturated heterocycles. The molecule has 42 heavy (non-hydrogen) atoms. The monoisotopic (exact) mass is 606 g/mol. The molecule has 212 valence electrons. The molecule has 0 spiro atoms. The van der Waals surface area contributed by atoms with Crippen molar-refractivity contribution >= 4 is 49.4 Å². The fourth-order valence-electron chi connectivity index (χ4n) is 4.37. The van der Waals surface area contributed by atoms with Gasteiger partial charge in [0, 0.05) is 29.8 Å². The second-order valence-electron chi connectivity index (χ2n) is 9.10. The molecule has 1 aliphatic heterocycles. The van der Waals surface area contributed by atoms with Crippen molar-refractivity contribution in [1.29, 1.82) is 0 Å². The van der Waals surface area contributed by atoms with Gasteiger partial charge in [-0.05, 0) is 24.6 Å². The Bertz CT molecular complexity index is 1920. The Morgan fingerprint density at radius 2 is 1.62 bits per heavy atom. The molecule has 15 heteroatoms. The molecular weight excluding hydrogens is 588 g/mol. The van der Waals surface area contributed by atoms with Crippen LogP contribution in [0.2, 0.25) is 0 Å². The number of carbonyl (C=O) groups excluding carboxylic acids is 2. The SMILES string of the molecule is Cc1ccc(C(=O)C2=C(O)C(=O)N(c3ncc(S(=O)(=O)c4ccc([N+](=O)[O-])cc4)s3)C2c2cccc([N+](=O)[O-])c2)cc1. The number of nitrogens with zero attached hydrogens (tertiary/aromatic N) is 4. The summed E-state index contributed by atoms with van der Waals surface area (Å²) in [7, 11) is -4.24. The van der Waals surface area contributed by atoms with E-state index in [2.05, 4.69) is 4.98 Å². The highest BCUT2D eigenvalue weighted by molar-refractivity contribution is 7.93. The highest BCUT2D eigenvalue weighted by Gasteiger charge is 2.46. The van der Waals surface area contributed by atoms with Gasteiger partial charge in [-0.2, -0.15) is 0 Å². The number of aliphatic hydroxyl groups is 1. The molecule has 4 aromatic rings. The van der Waals surface area contributed by atoms with Crippen molar-refractivity contribution in [1.82, 2.24) is 4.98 Å². The van der Waals surface area contributed by atoms with Crippen LogP contribution in [0, 0.1) is 27.2 Å². The minimum Gasteiger partial charge on any atom is -0.503 e. The molecule has 1 N–H and O–H groups in total. The number of thiazole rings is 1. The van der Waals surface area contributed by atoms with Gasteiger partial charge in [0.15, 0.2) is 16.7 Å². The largest absolute Gasteiger partial charge is 0.503 e. The lowest BCUT2D eigenvalue weighted by atomic mass is 9.92. The quantitative estimate of drug-likeness (QED) is 0.164. The Labute approximate surface area is 241 Å². The number of hydrogen-bond donors (Lipinski definition) is 1. The Morgan fingerprint density at radius 3 is 2.24 bits per heavy atom. The van der Waals surface area contributed by atoms with E-state index in [1.807, 2.05) is 6.92 Å². The maximum atomic E-state index is 13.6. The fraction of sp³-hybridized carbons (Fsp3) is 0.0741. The standard InChI is InChI=1S/C27H18N4O9S2/c1-15-5-7-16(8-6-15)24(32)22-23(17-3-2-4-19(13-17)31(37)38)29(26(34)25(22)33)27-28-14-21(41-27)42(39,40)20-11-9-18(10-12-20)30(35)36/h2-14,23,33H,1H3. The molecule has 3 aromatic carbocycles. The molecule has 0 aliphatic carbocycles. The first-order chi connectivity index (χ1) is 19.9. The second-order valence-corrected chi connectivity index (χ2v) is 12.3. The molecule has 0 bridgehead atoms. The summed E-state index contributed by atoms with van der Waals surface area (Å²) in [4.78, 5) is 52.9. The number of anilines is 1. The van der Waals surface area contributed by atoms with Gasteiger partial charge in [0.25, 0.3) is 17.3 Å². The lowest BCUT2D eigenvalue weighted by Crippen LogP contribution is -2.31. The summed E-state index contributed by atoms with van der Waals surface area (Å²) in [5.74, 6) is -2.68. The van der Waals surface area contributed by atoms with Crippen molar-refractivity contribution in [2.45, 2.75) is 22.1 Å². The third-order valence-electron chi connectivity index (χ3n) is 6.46. The second kappa shape index (κ2) is 10.6. The number of nitro groups is 2. The topological polar surface area (TPSA) is 191 Å². The number of carbonyl (C=O) groups is 2. The van der Waals surface area contributed by atoms with E-state index in [0.717, 1.165) is 47.0 Å². The minimum atomic E-state index is -4.24. The summed E-state index contributed by atoms with van der Waals surface area (Å²) in [5, 5.41) is 33.2. The zero-order valence-electron chi connectivity index (χ0n) is 21.4. The summed E-state index contributed by atoms with van der Waals surface area (Å²) >= 11 is 0.558. The van der Waals surface area contributed by atoms with Crippen LogP contribution in [0.25, 0.3) is 0 Å². The van der Waals surface area contributed by atoms with E-state index >= 15 is 0 Å². The number of benzene rings is 3. The van der Waals surface area contributed by atoms with Crippen LogP contribution >= 0.6 is 11.3 Å². The first kappa shape index (κ1) is 28.3. The number of amides is 1. The molecule has 5 rings (SSSR count). The molecule has 1 unspecified atom stereocenters. The zero-order valence-corrected chi connectivity index (χ0v) is 23.0. The summed E-state index contributed by atoms with van der Waals surface area (Å²) in [6.45, 7) is 1.81. The molecule has 0 radical (unpaired) electrons. The molecule has 2 heterocycles. The van der Waals surface area contributed by atoms with Crippen LogP contribution in [0.5, 0.6) is 0 Å². The van der Waals surface area contributed by atoms with Crippen molar-refractivity contribution in [3.05, 3.63) is 127 Å². The zero-order chi connectivity index (χ0) is 30.3. The molecular formula is C27H18N4O9S2. The fourth-order valence-corrected chi connectivity index (χ4v) is 6.91. The molecule has 1 amide bonds. The lowest BCUT2D eigenvalue weighted by molar-refractivity contribution is -0.385. The average molecular weight is 607 g/mol. The lowest BCUT2D eigenvalue weighted by Gasteiger charge is -2.24. The summed E-state index contributed by atoms with van der Waals surface area (Å²) < 4.78 is 26.2. The minimum absolute atomic E-state index is 0.104. The van der Waals surface area contributed by atoms with Gasteiger partial charge in [-0.25, -0.2) is 13.4 Å². The highest BCUT2D eigenvalue weighted by atomic mass is 32.2. The van der Waals surface area contributed by atoms with Crippen LogP contribution in [0.3, 0.4) is 0 Å². The number of rotatable bonds is 8. The molecule has 1 aromatic heterocycles. The number of aliphatic hydroxyl groups excluding tert-OH is 1. The van der Waals surface area contributed by atoms with Crippen molar-refractivity contribution < 1.29 is 33.0 Å². The normalized spacial score (nSPS) is 15.2. The van der Waals surface area contributed by atoms with Gasteiger partial charge in [0.1, 0.15) is 4.21 Å². The summed E-state index contributed by atoms with van der Waals surface area (Å²) in [5.41, 5.74) is 0.0931. The van der Waals surface area contributed by atoms with Crippen molar-refractivity contribution in [3.8, 4) is 0 Å². The Hall–Kier alpha value is -5.28. The van der Waals surface area contributed by atoms with Gasteiger partial charge >= 0.3 is 0 Å². The number of nitro benzene ring substituents is 2. The van der Waals surface area contributed by atoms with E-state index in [1.165, 1.54) is 30.3 Å². The Kier molecular flexibility index (Phi) is 7.13. The van der Waals surface area contributed by atoms with Crippen LogP contribution in [-0.2, 0) is 14.6 Å². The number of aromatic nitrogens is 1. The van der Waals surface area contributed by atoms with E-state index in [1.54, 1.807) is 12.1 Å². The van der Waals surface area contributed by atoms with Crippen molar-refractivity contribution in [2.75, 3.05) is 4.90 Å². The first-order valence-electron chi connectivity index (χ1n) is 12.0. The van der Waals surface area contributed by atoms with Gasteiger partial charge < -0.3 is 5.11 Å². The maximum absolute atomic E-state index is 13.6. The molecule has 1 atom stereocenters. The molecule has 13 nitrogen and oxygen atoms in total. The Balaban J connectivity index is 1.61. The molecule has 0 fully saturated rings. The van der Waals surface area contributed by atoms with Gasteiger partial charge in [0.2, 0.25) is 9.84 Å². The van der Waals surface area contributed by atoms with Gasteiger partial charge in [0.05, 0.1) is 32.6 Å². The van der Waals surface area contributed by atoms with Crippen LogP contribution in [0.15, 0.2) is 99.4 Å². The molecule has 1 aliphatic rings. The maximum Gasteiger partial charge on any atom is 0.296 e. The number of Topliss-reactive ketones (excluding diaryl/α,β-unsaturated/α-hetero) is 1. The van der Waals surface area contributed by atoms with E-state index in [-0.39, 0.29) is 42.3 Å². The van der Waals surface area contributed by atoms with E-state index in [4.69, 9.17) is 0 Å². The first-order valence-corrected chi connectivity index (χ1v) is 14.3. The third kappa shape index (κ3) is 4.90. The van der Waals surface area contributed by atoms with E-state index in [9.17, 15) is 43.3 Å². The van der Waals surface area contributed by atoms with Gasteiger partial charge in [-0.1, -0.05) is 53.3 Å². The van der Waals surface area contributed by atoms with Crippen molar-refractivity contribution in [3.63, 3.8) is 0 Å². The Morgan fingerprint density at radius 1 is 0.976 bits per heavy atom.